The zero-order chi connectivity index (χ0) is 9.68. The van der Waals surface area contributed by atoms with Crippen LogP contribution in [0.15, 0.2) is 24.5 Å². The van der Waals surface area contributed by atoms with E-state index in [0.717, 1.165) is 6.42 Å². The smallest absolute Gasteiger partial charge is 0.305 e. The van der Waals surface area contributed by atoms with Gasteiger partial charge >= 0.3 is 5.97 Å². The quantitative estimate of drug-likeness (QED) is 0.665. The van der Waals surface area contributed by atoms with E-state index in [2.05, 4.69) is 16.2 Å². The molecule has 0 spiro atoms. The summed E-state index contributed by atoms with van der Waals surface area (Å²) in [6.45, 7) is 2.09. The second kappa shape index (κ2) is 4.70. The van der Waals surface area contributed by atoms with Crippen LogP contribution in [0, 0.1) is 0 Å². The molecule has 0 saturated carbocycles. The van der Waals surface area contributed by atoms with Crippen LogP contribution in [0.1, 0.15) is 25.8 Å². The number of esters is 1. The zero-order valence-corrected chi connectivity index (χ0v) is 8.06. The third kappa shape index (κ3) is 2.93. The number of ether oxygens (including phenoxy) is 1. The van der Waals surface area contributed by atoms with E-state index >= 15 is 0 Å². The summed E-state index contributed by atoms with van der Waals surface area (Å²) < 4.78 is 6.66. The maximum absolute atomic E-state index is 10.9. The van der Waals surface area contributed by atoms with Gasteiger partial charge in [-0.1, -0.05) is 0 Å². The number of hydrogen-bond acceptors (Lipinski definition) is 2. The summed E-state index contributed by atoms with van der Waals surface area (Å²) in [7, 11) is 1.42. The van der Waals surface area contributed by atoms with Gasteiger partial charge < -0.3 is 9.30 Å². The molecule has 0 bridgehead atoms. The normalized spacial score (nSPS) is 12.5. The number of rotatable bonds is 4. The number of carbonyl (C=O) groups excluding carboxylic acids is 1. The largest absolute Gasteiger partial charge is 0.469 e. The Kier molecular flexibility index (Phi) is 3.55. The summed E-state index contributed by atoms with van der Waals surface area (Å²) in [5.41, 5.74) is 0. The van der Waals surface area contributed by atoms with Crippen molar-refractivity contribution in [1.29, 1.82) is 0 Å². The van der Waals surface area contributed by atoms with Gasteiger partial charge in [-0.3, -0.25) is 4.79 Å². The number of aromatic nitrogens is 1. The molecule has 1 rings (SSSR count). The van der Waals surface area contributed by atoms with E-state index in [1.807, 2.05) is 24.5 Å². The molecule has 0 amide bonds. The Morgan fingerprint density at radius 1 is 1.46 bits per heavy atom. The Morgan fingerprint density at radius 3 is 2.62 bits per heavy atom. The molecule has 72 valence electrons. The molecule has 3 nitrogen and oxygen atoms in total. The Bertz CT molecular complexity index is 254. The Morgan fingerprint density at radius 2 is 2.08 bits per heavy atom. The fourth-order valence-corrected chi connectivity index (χ4v) is 1.22. The van der Waals surface area contributed by atoms with Crippen LogP contribution in [0.2, 0.25) is 0 Å². The van der Waals surface area contributed by atoms with Crippen molar-refractivity contribution in [2.75, 3.05) is 7.11 Å². The minimum absolute atomic E-state index is 0.140. The summed E-state index contributed by atoms with van der Waals surface area (Å²) in [6.07, 6.45) is 5.31. The van der Waals surface area contributed by atoms with E-state index in [4.69, 9.17) is 0 Å². The molecule has 1 heterocycles. The van der Waals surface area contributed by atoms with Crippen molar-refractivity contribution < 1.29 is 9.53 Å². The van der Waals surface area contributed by atoms with Crippen molar-refractivity contribution in [2.24, 2.45) is 0 Å². The molecule has 0 fully saturated rings. The third-order valence-corrected chi connectivity index (χ3v) is 2.13. The molecule has 13 heavy (non-hydrogen) atoms. The van der Waals surface area contributed by atoms with Crippen molar-refractivity contribution in [1.82, 2.24) is 4.57 Å². The first-order valence-electron chi connectivity index (χ1n) is 4.43. The van der Waals surface area contributed by atoms with Gasteiger partial charge in [0.1, 0.15) is 0 Å². The average Bonchev–Trinajstić information content (AvgIpc) is 2.66. The second-order valence-electron chi connectivity index (χ2n) is 3.09. The summed E-state index contributed by atoms with van der Waals surface area (Å²) in [4.78, 5) is 10.9. The summed E-state index contributed by atoms with van der Waals surface area (Å²) in [5.74, 6) is -0.140. The number of nitrogens with zero attached hydrogens (tertiary/aromatic N) is 1. The number of methoxy groups -OCH3 is 1. The van der Waals surface area contributed by atoms with E-state index < -0.39 is 0 Å². The fraction of sp³-hybridized carbons (Fsp3) is 0.500. The zero-order valence-electron chi connectivity index (χ0n) is 8.06. The van der Waals surface area contributed by atoms with E-state index in [0.29, 0.717) is 12.5 Å². The van der Waals surface area contributed by atoms with Crippen LogP contribution in [0.4, 0.5) is 0 Å². The van der Waals surface area contributed by atoms with Crippen LogP contribution in [0.5, 0.6) is 0 Å². The molecule has 1 unspecified atom stereocenters. The molecular weight excluding hydrogens is 166 g/mol. The highest BCUT2D eigenvalue weighted by atomic mass is 16.5. The van der Waals surface area contributed by atoms with Gasteiger partial charge in [0.2, 0.25) is 0 Å². The molecule has 1 atom stereocenters. The highest BCUT2D eigenvalue weighted by molar-refractivity contribution is 5.69. The lowest BCUT2D eigenvalue weighted by atomic mass is 10.2. The van der Waals surface area contributed by atoms with Crippen LogP contribution >= 0.6 is 0 Å². The first-order chi connectivity index (χ1) is 6.24. The summed E-state index contributed by atoms with van der Waals surface area (Å²) in [6, 6.07) is 4.32. The first kappa shape index (κ1) is 9.84. The maximum atomic E-state index is 10.9. The van der Waals surface area contributed by atoms with Gasteiger partial charge in [-0.05, 0) is 25.5 Å². The van der Waals surface area contributed by atoms with E-state index in [1.54, 1.807) is 0 Å². The summed E-state index contributed by atoms with van der Waals surface area (Å²) in [5, 5.41) is 0. The van der Waals surface area contributed by atoms with E-state index in [1.165, 1.54) is 7.11 Å². The summed E-state index contributed by atoms with van der Waals surface area (Å²) >= 11 is 0. The van der Waals surface area contributed by atoms with Crippen LogP contribution < -0.4 is 0 Å². The van der Waals surface area contributed by atoms with Crippen molar-refractivity contribution in [3.63, 3.8) is 0 Å². The Labute approximate surface area is 78.3 Å². The lowest BCUT2D eigenvalue weighted by Crippen LogP contribution is -2.07. The molecule has 1 aromatic heterocycles. The minimum Gasteiger partial charge on any atom is -0.469 e. The van der Waals surface area contributed by atoms with Gasteiger partial charge in [0.05, 0.1) is 7.11 Å². The molecule has 0 aliphatic heterocycles. The van der Waals surface area contributed by atoms with Crippen molar-refractivity contribution in [3.05, 3.63) is 24.5 Å². The minimum atomic E-state index is -0.140. The number of hydrogen-bond donors (Lipinski definition) is 0. The topological polar surface area (TPSA) is 31.2 Å². The Hall–Kier alpha value is -1.25. The number of carbonyl (C=O) groups is 1. The van der Waals surface area contributed by atoms with Gasteiger partial charge in [-0.15, -0.1) is 0 Å². The van der Waals surface area contributed by atoms with Crippen molar-refractivity contribution >= 4 is 5.97 Å². The predicted octanol–water partition coefficient (Wildman–Crippen LogP) is 2.00. The van der Waals surface area contributed by atoms with Crippen LogP contribution in [-0.2, 0) is 9.53 Å². The maximum Gasteiger partial charge on any atom is 0.305 e. The molecule has 0 aromatic carbocycles. The highest BCUT2D eigenvalue weighted by Gasteiger charge is 2.06. The van der Waals surface area contributed by atoms with Gasteiger partial charge in [-0.25, -0.2) is 0 Å². The first-order valence-corrected chi connectivity index (χ1v) is 4.43. The second-order valence-corrected chi connectivity index (χ2v) is 3.09. The molecule has 0 saturated heterocycles. The highest BCUT2D eigenvalue weighted by Crippen LogP contribution is 2.12. The monoisotopic (exact) mass is 181 g/mol. The lowest BCUT2D eigenvalue weighted by Gasteiger charge is -2.12. The average molecular weight is 181 g/mol. The van der Waals surface area contributed by atoms with E-state index in [-0.39, 0.29) is 5.97 Å². The third-order valence-electron chi connectivity index (χ3n) is 2.13. The van der Waals surface area contributed by atoms with Crippen molar-refractivity contribution in [3.8, 4) is 0 Å². The van der Waals surface area contributed by atoms with Crippen molar-refractivity contribution in [2.45, 2.75) is 25.8 Å². The van der Waals surface area contributed by atoms with Gasteiger partial charge in [0, 0.05) is 24.9 Å². The fourth-order valence-electron chi connectivity index (χ4n) is 1.22. The van der Waals surface area contributed by atoms with Crippen LogP contribution in [0.3, 0.4) is 0 Å². The molecule has 0 N–H and O–H groups in total. The van der Waals surface area contributed by atoms with Crippen LogP contribution in [-0.4, -0.2) is 17.6 Å². The molecule has 0 aliphatic rings. The molecule has 0 aliphatic carbocycles. The SMILES string of the molecule is COC(=O)CCC(C)n1cccc1. The van der Waals surface area contributed by atoms with Gasteiger partial charge in [-0.2, -0.15) is 0 Å². The lowest BCUT2D eigenvalue weighted by molar-refractivity contribution is -0.140. The molecule has 1 aromatic rings. The van der Waals surface area contributed by atoms with Crippen LogP contribution in [0.25, 0.3) is 0 Å². The Balaban J connectivity index is 2.34. The molecular formula is C10H15NO2. The molecule has 3 heteroatoms. The molecule has 0 radical (unpaired) electrons. The van der Waals surface area contributed by atoms with E-state index in [9.17, 15) is 4.79 Å². The van der Waals surface area contributed by atoms with Gasteiger partial charge in [0.25, 0.3) is 0 Å². The predicted molar refractivity (Wildman–Crippen MR) is 50.4 cm³/mol. The van der Waals surface area contributed by atoms with Gasteiger partial charge in [0.15, 0.2) is 0 Å². The standard InChI is InChI=1S/C10H15NO2/c1-9(5-6-10(12)13-2)11-7-3-4-8-11/h3-4,7-9H,5-6H2,1-2H3.